The highest BCUT2D eigenvalue weighted by atomic mass is 32.2. The molecule has 6 nitrogen and oxygen atoms in total. The molecule has 0 heterocycles. The molecule has 0 saturated carbocycles. The van der Waals surface area contributed by atoms with E-state index in [-0.39, 0.29) is 22.4 Å². The van der Waals surface area contributed by atoms with Gasteiger partial charge in [-0.05, 0) is 23.6 Å². The molecule has 0 amide bonds. The van der Waals surface area contributed by atoms with Gasteiger partial charge in [0.15, 0.2) is 0 Å². The van der Waals surface area contributed by atoms with Gasteiger partial charge in [0.25, 0.3) is 20.2 Å². The van der Waals surface area contributed by atoms with Gasteiger partial charge in [-0.2, -0.15) is 16.8 Å². The highest BCUT2D eigenvalue weighted by molar-refractivity contribution is 7.86. The third-order valence-electron chi connectivity index (χ3n) is 2.72. The van der Waals surface area contributed by atoms with Gasteiger partial charge >= 0.3 is 0 Å². The fourth-order valence-electron chi connectivity index (χ4n) is 1.96. The lowest BCUT2D eigenvalue weighted by Gasteiger charge is -2.20. The lowest BCUT2D eigenvalue weighted by atomic mass is 9.97. The first kappa shape index (κ1) is 13.2. The average Bonchev–Trinajstić information content (AvgIpc) is 2.24. The number of hydrogen-bond acceptors (Lipinski definition) is 4. The summed E-state index contributed by atoms with van der Waals surface area (Å²) in [5.74, 6) is 0. The molecule has 2 N–H and O–H groups in total. The van der Waals surface area contributed by atoms with E-state index in [0.29, 0.717) is 0 Å². The van der Waals surface area contributed by atoms with Crippen LogP contribution in [-0.4, -0.2) is 25.9 Å². The van der Waals surface area contributed by atoms with Crippen molar-refractivity contribution in [3.05, 3.63) is 35.4 Å². The van der Waals surface area contributed by atoms with Crippen LogP contribution in [0.15, 0.2) is 29.2 Å². The molecular formula is C10H10O6S2. The molecule has 98 valence electrons. The van der Waals surface area contributed by atoms with Crippen molar-refractivity contribution in [3.63, 3.8) is 0 Å². The van der Waals surface area contributed by atoms with Crippen LogP contribution >= 0.6 is 0 Å². The Morgan fingerprint density at radius 3 is 2.33 bits per heavy atom. The van der Waals surface area contributed by atoms with Gasteiger partial charge in [0.2, 0.25) is 0 Å². The minimum absolute atomic E-state index is 0.0563. The van der Waals surface area contributed by atoms with Crippen LogP contribution in [0.1, 0.15) is 22.8 Å². The topological polar surface area (TPSA) is 109 Å². The summed E-state index contributed by atoms with van der Waals surface area (Å²) in [5, 5.41) is -1.21. The maximum atomic E-state index is 11.2. The van der Waals surface area contributed by atoms with Crippen molar-refractivity contribution in [2.75, 3.05) is 0 Å². The van der Waals surface area contributed by atoms with Gasteiger partial charge < -0.3 is 0 Å². The normalized spacial score (nSPS) is 19.6. The van der Waals surface area contributed by atoms with Gasteiger partial charge in [-0.3, -0.25) is 9.11 Å². The van der Waals surface area contributed by atoms with E-state index in [9.17, 15) is 16.8 Å². The van der Waals surface area contributed by atoms with Gasteiger partial charge in [-0.1, -0.05) is 24.3 Å². The van der Waals surface area contributed by atoms with Crippen LogP contribution in [0.25, 0.3) is 6.08 Å². The van der Waals surface area contributed by atoms with Crippen LogP contribution in [0.3, 0.4) is 0 Å². The predicted molar refractivity (Wildman–Crippen MR) is 64.2 cm³/mol. The van der Waals surface area contributed by atoms with Crippen molar-refractivity contribution in [2.24, 2.45) is 0 Å². The number of rotatable bonds is 2. The van der Waals surface area contributed by atoms with E-state index < -0.39 is 25.5 Å². The Kier molecular flexibility index (Phi) is 3.06. The first-order valence-corrected chi connectivity index (χ1v) is 7.89. The molecule has 0 aromatic heterocycles. The summed E-state index contributed by atoms with van der Waals surface area (Å²) in [5.41, 5.74) is 0.254. The Hall–Kier alpha value is -1.22. The molecule has 1 aromatic carbocycles. The minimum atomic E-state index is -4.44. The molecule has 0 saturated heterocycles. The van der Waals surface area contributed by atoms with E-state index in [2.05, 4.69) is 0 Å². The summed E-state index contributed by atoms with van der Waals surface area (Å²) in [6.07, 6.45) is 2.91. The second-order valence-electron chi connectivity index (χ2n) is 3.88. The van der Waals surface area contributed by atoms with E-state index in [1.807, 2.05) is 0 Å². The standard InChI is InChI=1S/C10H10O6S2/c11-17(12,13)9-5-1-3-7-8(9)4-2-6-10(7)18(14,15)16/h1-5,10H,6H2,(H,11,12,13)(H,14,15,16). The maximum absolute atomic E-state index is 11.2. The summed E-state index contributed by atoms with van der Waals surface area (Å²) in [7, 11) is -8.77. The average molecular weight is 290 g/mol. The SMILES string of the molecule is O=S(=O)(O)c1cccc2c1C=CCC2S(=O)(=O)O. The molecule has 0 aliphatic heterocycles. The molecule has 18 heavy (non-hydrogen) atoms. The van der Waals surface area contributed by atoms with E-state index in [1.54, 1.807) is 0 Å². The molecule has 8 heteroatoms. The molecule has 1 aromatic rings. The minimum Gasteiger partial charge on any atom is -0.285 e. The van der Waals surface area contributed by atoms with Crippen LogP contribution in [-0.2, 0) is 20.2 Å². The molecule has 0 spiro atoms. The summed E-state index contributed by atoms with van der Waals surface area (Å²) in [4.78, 5) is -0.371. The fraction of sp³-hybridized carbons (Fsp3) is 0.200. The van der Waals surface area contributed by atoms with Gasteiger partial charge in [0, 0.05) is 0 Å². The second-order valence-corrected chi connectivity index (χ2v) is 6.86. The Bertz CT molecular complexity index is 715. The number of benzene rings is 1. The zero-order valence-corrected chi connectivity index (χ0v) is 10.6. The summed E-state index contributed by atoms with van der Waals surface area (Å²) in [6, 6.07) is 3.90. The number of hydrogen-bond donors (Lipinski definition) is 2. The zero-order chi connectivity index (χ0) is 13.6. The van der Waals surface area contributed by atoms with Gasteiger partial charge in [0.1, 0.15) is 10.1 Å². The summed E-state index contributed by atoms with van der Waals surface area (Å²) >= 11 is 0. The molecule has 0 bridgehead atoms. The third-order valence-corrected chi connectivity index (χ3v) is 4.80. The third kappa shape index (κ3) is 2.32. The zero-order valence-electron chi connectivity index (χ0n) is 9.02. The van der Waals surface area contributed by atoms with Gasteiger partial charge in [-0.25, -0.2) is 0 Å². The van der Waals surface area contributed by atoms with Crippen LogP contribution in [0.5, 0.6) is 0 Å². The first-order valence-electron chi connectivity index (χ1n) is 4.94. The van der Waals surface area contributed by atoms with E-state index in [4.69, 9.17) is 9.11 Å². The van der Waals surface area contributed by atoms with Gasteiger partial charge in [-0.15, -0.1) is 0 Å². The van der Waals surface area contributed by atoms with Crippen molar-refractivity contribution < 1.29 is 25.9 Å². The van der Waals surface area contributed by atoms with E-state index in [1.165, 1.54) is 30.4 Å². The van der Waals surface area contributed by atoms with Gasteiger partial charge in [0.05, 0.1) is 0 Å². The summed E-state index contributed by atoms with van der Waals surface area (Å²) in [6.45, 7) is 0. The Morgan fingerprint density at radius 1 is 1.11 bits per heavy atom. The molecule has 1 aliphatic carbocycles. The largest absolute Gasteiger partial charge is 0.295 e. The molecule has 1 atom stereocenters. The Balaban J connectivity index is 2.74. The highest BCUT2D eigenvalue weighted by Crippen LogP contribution is 2.36. The number of allylic oxidation sites excluding steroid dienone is 1. The molecular weight excluding hydrogens is 280 g/mol. The van der Waals surface area contributed by atoms with Crippen molar-refractivity contribution in [1.82, 2.24) is 0 Å². The smallest absolute Gasteiger partial charge is 0.285 e. The van der Waals surface area contributed by atoms with Crippen LogP contribution in [0.4, 0.5) is 0 Å². The lowest BCUT2D eigenvalue weighted by molar-refractivity contribution is 0.466. The van der Waals surface area contributed by atoms with Crippen LogP contribution in [0, 0.1) is 0 Å². The Morgan fingerprint density at radius 2 is 1.78 bits per heavy atom. The van der Waals surface area contributed by atoms with Crippen molar-refractivity contribution in [3.8, 4) is 0 Å². The Labute approximate surface area is 104 Å². The molecule has 1 unspecified atom stereocenters. The second kappa shape index (κ2) is 4.16. The van der Waals surface area contributed by atoms with E-state index >= 15 is 0 Å². The molecule has 0 fully saturated rings. The lowest BCUT2D eigenvalue weighted by Crippen LogP contribution is -2.16. The summed E-state index contributed by atoms with van der Waals surface area (Å²) < 4.78 is 63.0. The molecule has 0 radical (unpaired) electrons. The molecule has 2 rings (SSSR count). The number of fused-ring (bicyclic) bond motifs is 1. The highest BCUT2D eigenvalue weighted by Gasteiger charge is 2.30. The van der Waals surface area contributed by atoms with Crippen molar-refractivity contribution >= 4 is 26.3 Å². The quantitative estimate of drug-likeness (QED) is 0.794. The molecule has 1 aliphatic rings. The predicted octanol–water partition coefficient (Wildman–Crippen LogP) is 1.28. The van der Waals surface area contributed by atoms with Crippen LogP contribution < -0.4 is 0 Å². The van der Waals surface area contributed by atoms with Crippen LogP contribution in [0.2, 0.25) is 0 Å². The van der Waals surface area contributed by atoms with Crippen molar-refractivity contribution in [2.45, 2.75) is 16.6 Å². The monoisotopic (exact) mass is 290 g/mol. The maximum Gasteiger partial charge on any atom is 0.295 e. The van der Waals surface area contributed by atoms with E-state index in [0.717, 1.165) is 0 Å². The van der Waals surface area contributed by atoms with Crippen molar-refractivity contribution in [1.29, 1.82) is 0 Å². The first-order chi connectivity index (χ1) is 8.21. The fourth-order valence-corrected chi connectivity index (χ4v) is 3.56.